The average molecular weight is 287 g/mol. The highest BCUT2D eigenvalue weighted by molar-refractivity contribution is 7.19. The SMILES string of the molecule is CCn1c(-c2sc(N)nc2-c2ccco2)cccc1=O. The van der Waals surface area contributed by atoms with Crippen LogP contribution in [0.3, 0.4) is 0 Å². The fraction of sp³-hybridized carbons (Fsp3) is 0.143. The molecule has 0 amide bonds. The maximum atomic E-state index is 11.9. The zero-order valence-corrected chi connectivity index (χ0v) is 11.7. The largest absolute Gasteiger partial charge is 0.463 e. The first kappa shape index (κ1) is 12.7. The summed E-state index contributed by atoms with van der Waals surface area (Å²) in [7, 11) is 0. The number of anilines is 1. The molecule has 0 aliphatic carbocycles. The van der Waals surface area contributed by atoms with Crippen molar-refractivity contribution in [1.29, 1.82) is 0 Å². The summed E-state index contributed by atoms with van der Waals surface area (Å²) in [6.07, 6.45) is 1.59. The Hall–Kier alpha value is -2.34. The van der Waals surface area contributed by atoms with E-state index in [2.05, 4.69) is 4.98 Å². The summed E-state index contributed by atoms with van der Waals surface area (Å²) in [6.45, 7) is 2.52. The lowest BCUT2D eigenvalue weighted by atomic mass is 10.2. The van der Waals surface area contributed by atoms with Crippen LogP contribution in [0.1, 0.15) is 6.92 Å². The number of thiazole rings is 1. The molecular weight excluding hydrogens is 274 g/mol. The highest BCUT2D eigenvalue weighted by Crippen LogP contribution is 2.37. The summed E-state index contributed by atoms with van der Waals surface area (Å²) in [4.78, 5) is 17.1. The first-order valence-electron chi connectivity index (χ1n) is 6.21. The zero-order chi connectivity index (χ0) is 14.1. The first-order chi connectivity index (χ1) is 9.70. The Morgan fingerprint density at radius 1 is 1.35 bits per heavy atom. The van der Waals surface area contributed by atoms with Gasteiger partial charge in [0.1, 0.15) is 5.69 Å². The second-order valence-corrected chi connectivity index (χ2v) is 5.23. The van der Waals surface area contributed by atoms with E-state index in [4.69, 9.17) is 10.2 Å². The predicted octanol–water partition coefficient (Wildman–Crippen LogP) is 2.83. The Morgan fingerprint density at radius 2 is 2.20 bits per heavy atom. The minimum Gasteiger partial charge on any atom is -0.463 e. The quantitative estimate of drug-likeness (QED) is 0.803. The van der Waals surface area contributed by atoms with Crippen LogP contribution in [0.2, 0.25) is 0 Å². The molecule has 0 aromatic carbocycles. The Kier molecular flexibility index (Phi) is 3.15. The number of furan rings is 1. The Balaban J connectivity index is 2.26. The van der Waals surface area contributed by atoms with Crippen LogP contribution in [0, 0.1) is 0 Å². The van der Waals surface area contributed by atoms with Crippen molar-refractivity contribution in [2.75, 3.05) is 5.73 Å². The molecule has 102 valence electrons. The first-order valence-corrected chi connectivity index (χ1v) is 7.02. The number of aromatic nitrogens is 2. The molecule has 20 heavy (non-hydrogen) atoms. The van der Waals surface area contributed by atoms with Gasteiger partial charge >= 0.3 is 0 Å². The van der Waals surface area contributed by atoms with E-state index in [9.17, 15) is 4.79 Å². The molecule has 3 aromatic heterocycles. The highest BCUT2D eigenvalue weighted by Gasteiger charge is 2.18. The standard InChI is InChI=1S/C14H13N3O2S/c1-2-17-9(5-3-7-11(17)18)13-12(16-14(15)20-13)10-6-4-8-19-10/h3-8H,2H2,1H3,(H2,15,16). The van der Waals surface area contributed by atoms with Gasteiger partial charge in [0.25, 0.3) is 5.56 Å². The molecule has 0 saturated carbocycles. The fourth-order valence-corrected chi connectivity index (χ4v) is 3.01. The van der Waals surface area contributed by atoms with Crippen molar-refractivity contribution < 1.29 is 4.42 Å². The van der Waals surface area contributed by atoms with E-state index in [0.29, 0.717) is 23.1 Å². The molecule has 3 rings (SSSR count). The van der Waals surface area contributed by atoms with Gasteiger partial charge in [0.2, 0.25) is 0 Å². The van der Waals surface area contributed by atoms with Crippen molar-refractivity contribution in [3.05, 3.63) is 46.9 Å². The van der Waals surface area contributed by atoms with Crippen molar-refractivity contribution in [2.45, 2.75) is 13.5 Å². The van der Waals surface area contributed by atoms with Crippen LogP contribution in [0.4, 0.5) is 5.13 Å². The van der Waals surface area contributed by atoms with Gasteiger partial charge in [-0.05, 0) is 25.1 Å². The van der Waals surface area contributed by atoms with E-state index in [-0.39, 0.29) is 5.56 Å². The van der Waals surface area contributed by atoms with Gasteiger partial charge in [0, 0.05) is 12.6 Å². The van der Waals surface area contributed by atoms with Crippen LogP contribution >= 0.6 is 11.3 Å². The predicted molar refractivity (Wildman–Crippen MR) is 79.6 cm³/mol. The monoisotopic (exact) mass is 287 g/mol. The van der Waals surface area contributed by atoms with E-state index >= 15 is 0 Å². The van der Waals surface area contributed by atoms with Gasteiger partial charge in [-0.1, -0.05) is 17.4 Å². The number of nitrogens with two attached hydrogens (primary N) is 1. The van der Waals surface area contributed by atoms with Gasteiger partial charge in [-0.3, -0.25) is 4.79 Å². The molecule has 0 atom stereocenters. The highest BCUT2D eigenvalue weighted by atomic mass is 32.1. The maximum Gasteiger partial charge on any atom is 0.251 e. The van der Waals surface area contributed by atoms with Crippen LogP contribution in [0.15, 0.2) is 45.8 Å². The number of hydrogen-bond acceptors (Lipinski definition) is 5. The number of nitrogens with zero attached hydrogens (tertiary/aromatic N) is 2. The molecule has 0 aliphatic rings. The summed E-state index contributed by atoms with van der Waals surface area (Å²) < 4.78 is 7.09. The van der Waals surface area contributed by atoms with Gasteiger partial charge in [0.05, 0.1) is 16.8 Å². The number of nitrogen functional groups attached to an aromatic ring is 1. The minimum absolute atomic E-state index is 0.0395. The number of rotatable bonds is 3. The second-order valence-electron chi connectivity index (χ2n) is 4.20. The van der Waals surface area contributed by atoms with Crippen molar-refractivity contribution >= 4 is 16.5 Å². The molecule has 0 bridgehead atoms. The Bertz CT molecular complexity index is 787. The van der Waals surface area contributed by atoms with Crippen molar-refractivity contribution in [2.24, 2.45) is 0 Å². The maximum absolute atomic E-state index is 11.9. The molecule has 0 radical (unpaired) electrons. The van der Waals surface area contributed by atoms with Gasteiger partial charge in [-0.25, -0.2) is 4.98 Å². The fourth-order valence-electron chi connectivity index (χ4n) is 2.14. The zero-order valence-electron chi connectivity index (χ0n) is 10.9. The van der Waals surface area contributed by atoms with E-state index in [1.165, 1.54) is 11.3 Å². The van der Waals surface area contributed by atoms with E-state index in [0.717, 1.165) is 10.6 Å². The van der Waals surface area contributed by atoms with Crippen molar-refractivity contribution in [1.82, 2.24) is 9.55 Å². The van der Waals surface area contributed by atoms with Crippen LogP contribution in [-0.2, 0) is 6.54 Å². The molecule has 6 heteroatoms. The lowest BCUT2D eigenvalue weighted by Gasteiger charge is -2.09. The molecule has 0 saturated heterocycles. The summed E-state index contributed by atoms with van der Waals surface area (Å²) in [5, 5.41) is 0.449. The minimum atomic E-state index is -0.0395. The van der Waals surface area contributed by atoms with Crippen molar-refractivity contribution in [3.63, 3.8) is 0 Å². The van der Waals surface area contributed by atoms with E-state index < -0.39 is 0 Å². The Morgan fingerprint density at radius 3 is 2.90 bits per heavy atom. The normalized spacial score (nSPS) is 10.8. The topological polar surface area (TPSA) is 74.1 Å². The summed E-state index contributed by atoms with van der Waals surface area (Å²) in [6, 6.07) is 8.81. The smallest absolute Gasteiger partial charge is 0.251 e. The summed E-state index contributed by atoms with van der Waals surface area (Å²) in [5.41, 5.74) is 7.27. The molecule has 0 unspecified atom stereocenters. The van der Waals surface area contributed by atoms with Crippen LogP contribution in [-0.4, -0.2) is 9.55 Å². The molecule has 2 N–H and O–H groups in total. The number of hydrogen-bond donors (Lipinski definition) is 1. The van der Waals surface area contributed by atoms with Crippen LogP contribution in [0.5, 0.6) is 0 Å². The molecule has 3 heterocycles. The summed E-state index contributed by atoms with van der Waals surface area (Å²) >= 11 is 1.35. The van der Waals surface area contributed by atoms with Gasteiger partial charge in [-0.15, -0.1) is 0 Å². The van der Waals surface area contributed by atoms with Gasteiger partial charge in [0.15, 0.2) is 10.9 Å². The lowest BCUT2D eigenvalue weighted by Crippen LogP contribution is -2.19. The molecule has 0 fully saturated rings. The van der Waals surface area contributed by atoms with Crippen LogP contribution < -0.4 is 11.3 Å². The van der Waals surface area contributed by atoms with E-state index in [1.807, 2.05) is 19.1 Å². The molecule has 5 nitrogen and oxygen atoms in total. The van der Waals surface area contributed by atoms with Gasteiger partial charge < -0.3 is 14.7 Å². The van der Waals surface area contributed by atoms with Gasteiger partial charge in [-0.2, -0.15) is 0 Å². The van der Waals surface area contributed by atoms with E-state index in [1.54, 1.807) is 29.0 Å². The summed E-state index contributed by atoms with van der Waals surface area (Å²) in [5.74, 6) is 0.645. The second kappa shape index (κ2) is 4.97. The average Bonchev–Trinajstić information content (AvgIpc) is 3.07. The molecule has 3 aromatic rings. The molecular formula is C14H13N3O2S. The van der Waals surface area contributed by atoms with Crippen LogP contribution in [0.25, 0.3) is 22.0 Å². The number of pyridine rings is 1. The third-order valence-electron chi connectivity index (χ3n) is 3.00. The lowest BCUT2D eigenvalue weighted by molar-refractivity contribution is 0.580. The third-order valence-corrected chi connectivity index (χ3v) is 3.90. The molecule has 0 aliphatic heterocycles. The third kappa shape index (κ3) is 2.04. The molecule has 0 spiro atoms. The van der Waals surface area contributed by atoms with Crippen molar-refractivity contribution in [3.8, 4) is 22.0 Å². The Labute approximate surface area is 119 Å².